The summed E-state index contributed by atoms with van der Waals surface area (Å²) in [7, 11) is 0. The van der Waals surface area contributed by atoms with E-state index in [0.29, 0.717) is 15.3 Å². The summed E-state index contributed by atoms with van der Waals surface area (Å²) in [6.07, 6.45) is 4.43. The van der Waals surface area contributed by atoms with Gasteiger partial charge >= 0.3 is 6.03 Å². The molecule has 0 atom stereocenters. The Morgan fingerprint density at radius 1 is 1.44 bits per heavy atom. The lowest BCUT2D eigenvalue weighted by atomic mass is 10.3. The van der Waals surface area contributed by atoms with Crippen molar-refractivity contribution in [2.75, 3.05) is 5.32 Å². The molecule has 1 aromatic carbocycles. The molecule has 0 radical (unpaired) electrons. The summed E-state index contributed by atoms with van der Waals surface area (Å²) >= 11 is 1.22. The molecule has 5 nitrogen and oxygen atoms in total. The molecule has 3 aromatic rings. The Hall–Kier alpha value is -2.28. The van der Waals surface area contributed by atoms with Gasteiger partial charge in [0.25, 0.3) is 0 Å². The topological polar surface area (TPSA) is 59.8 Å². The van der Waals surface area contributed by atoms with Crippen LogP contribution in [-0.2, 0) is 0 Å². The van der Waals surface area contributed by atoms with Crippen LogP contribution in [-0.4, -0.2) is 20.6 Å². The maximum atomic E-state index is 13.0. The third-order valence-corrected chi connectivity index (χ3v) is 3.24. The van der Waals surface area contributed by atoms with Gasteiger partial charge in [-0.15, -0.1) is 0 Å². The predicted octanol–water partition coefficient (Wildman–Crippen LogP) is 2.71. The molecule has 7 heteroatoms. The Kier molecular flexibility index (Phi) is 2.52. The van der Waals surface area contributed by atoms with Crippen LogP contribution in [0.3, 0.4) is 0 Å². The first-order valence-electron chi connectivity index (χ1n) is 5.08. The van der Waals surface area contributed by atoms with Crippen LogP contribution in [0.1, 0.15) is 0 Å². The molecule has 2 aromatic heterocycles. The van der Waals surface area contributed by atoms with Crippen LogP contribution in [0, 0.1) is 5.82 Å². The van der Waals surface area contributed by atoms with Crippen molar-refractivity contribution >= 4 is 32.7 Å². The predicted molar refractivity (Wildman–Crippen MR) is 66.2 cm³/mol. The Morgan fingerprint density at radius 2 is 2.33 bits per heavy atom. The second kappa shape index (κ2) is 4.19. The molecule has 0 saturated heterocycles. The van der Waals surface area contributed by atoms with E-state index in [1.807, 2.05) is 0 Å². The Labute approximate surface area is 105 Å². The van der Waals surface area contributed by atoms with Gasteiger partial charge in [0, 0.05) is 12.4 Å². The largest absolute Gasteiger partial charge is 0.333 e. The van der Waals surface area contributed by atoms with Gasteiger partial charge in [0.15, 0.2) is 5.13 Å². The van der Waals surface area contributed by atoms with Gasteiger partial charge in [-0.25, -0.2) is 19.2 Å². The smallest absolute Gasteiger partial charge is 0.283 e. The summed E-state index contributed by atoms with van der Waals surface area (Å²) in [6.45, 7) is 0. The number of benzene rings is 1. The van der Waals surface area contributed by atoms with E-state index in [0.717, 1.165) is 0 Å². The lowest BCUT2D eigenvalue weighted by molar-refractivity contribution is 0.253. The average molecular weight is 262 g/mol. The van der Waals surface area contributed by atoms with E-state index in [9.17, 15) is 9.18 Å². The van der Waals surface area contributed by atoms with Gasteiger partial charge in [0.1, 0.15) is 12.1 Å². The maximum Gasteiger partial charge on any atom is 0.333 e. The normalized spacial score (nSPS) is 10.7. The maximum absolute atomic E-state index is 13.0. The molecule has 0 fully saturated rings. The monoisotopic (exact) mass is 262 g/mol. The molecule has 0 aliphatic heterocycles. The molecule has 0 bridgehead atoms. The Bertz CT molecular complexity index is 707. The Balaban J connectivity index is 1.89. The van der Waals surface area contributed by atoms with Gasteiger partial charge in [-0.3, -0.25) is 9.88 Å². The highest BCUT2D eigenvalue weighted by atomic mass is 32.1. The highest BCUT2D eigenvalue weighted by Crippen LogP contribution is 2.26. The molecule has 0 aliphatic rings. The van der Waals surface area contributed by atoms with Crippen LogP contribution >= 0.6 is 11.3 Å². The van der Waals surface area contributed by atoms with Gasteiger partial charge in [0.2, 0.25) is 0 Å². The summed E-state index contributed by atoms with van der Waals surface area (Å²) in [4.78, 5) is 19.7. The fourth-order valence-corrected chi connectivity index (χ4v) is 2.37. The molecule has 0 aliphatic carbocycles. The van der Waals surface area contributed by atoms with Crippen LogP contribution in [0.15, 0.2) is 36.9 Å². The van der Waals surface area contributed by atoms with E-state index < -0.39 is 0 Å². The number of halogens is 1. The summed E-state index contributed by atoms with van der Waals surface area (Å²) in [6, 6.07) is 3.95. The zero-order chi connectivity index (χ0) is 12.5. The number of imidazole rings is 1. The highest BCUT2D eigenvalue weighted by molar-refractivity contribution is 7.22. The van der Waals surface area contributed by atoms with Crippen molar-refractivity contribution in [3.8, 4) is 0 Å². The first-order valence-corrected chi connectivity index (χ1v) is 5.89. The summed E-state index contributed by atoms with van der Waals surface area (Å²) in [5, 5.41) is 3.05. The van der Waals surface area contributed by atoms with Crippen molar-refractivity contribution in [1.82, 2.24) is 14.5 Å². The zero-order valence-corrected chi connectivity index (χ0v) is 9.82. The summed E-state index contributed by atoms with van der Waals surface area (Å²) in [5.74, 6) is -0.321. The average Bonchev–Trinajstić information content (AvgIpc) is 2.95. The first-order chi connectivity index (χ1) is 8.72. The third-order valence-electron chi connectivity index (χ3n) is 2.30. The van der Waals surface area contributed by atoms with Crippen molar-refractivity contribution in [2.24, 2.45) is 0 Å². The van der Waals surface area contributed by atoms with Gasteiger partial charge in [0.05, 0.1) is 10.2 Å². The van der Waals surface area contributed by atoms with Gasteiger partial charge < -0.3 is 0 Å². The SMILES string of the molecule is O=C(Nc1nc2ccc(F)cc2s1)n1ccnc1. The minimum Gasteiger partial charge on any atom is -0.283 e. The van der Waals surface area contributed by atoms with Crippen LogP contribution in [0.2, 0.25) is 0 Å². The summed E-state index contributed by atoms with van der Waals surface area (Å²) in [5.41, 5.74) is 0.655. The number of amides is 1. The number of nitrogens with zero attached hydrogens (tertiary/aromatic N) is 3. The lowest BCUT2D eigenvalue weighted by Crippen LogP contribution is -2.17. The summed E-state index contributed by atoms with van der Waals surface area (Å²) < 4.78 is 15.0. The number of anilines is 1. The van der Waals surface area contributed by atoms with Crippen molar-refractivity contribution in [1.29, 1.82) is 0 Å². The van der Waals surface area contributed by atoms with Crippen LogP contribution in [0.5, 0.6) is 0 Å². The number of nitrogens with one attached hydrogen (secondary N) is 1. The van der Waals surface area contributed by atoms with Gasteiger partial charge in [-0.05, 0) is 18.2 Å². The molecule has 3 rings (SSSR count). The van der Waals surface area contributed by atoms with Crippen molar-refractivity contribution < 1.29 is 9.18 Å². The number of aromatic nitrogens is 3. The van der Waals surface area contributed by atoms with E-state index in [-0.39, 0.29) is 11.8 Å². The number of fused-ring (bicyclic) bond motifs is 1. The van der Waals surface area contributed by atoms with Crippen molar-refractivity contribution in [2.45, 2.75) is 0 Å². The molecular formula is C11H7FN4OS. The second-order valence-corrected chi connectivity index (χ2v) is 4.56. The van der Waals surface area contributed by atoms with Gasteiger partial charge in [-0.2, -0.15) is 0 Å². The molecule has 0 saturated carbocycles. The van der Waals surface area contributed by atoms with E-state index in [1.54, 1.807) is 6.07 Å². The standard InChI is InChI=1S/C11H7FN4OS/c12-7-1-2-8-9(5-7)18-10(14-8)15-11(17)16-4-3-13-6-16/h1-6H,(H,14,15,17). The highest BCUT2D eigenvalue weighted by Gasteiger charge is 2.09. The third kappa shape index (κ3) is 1.95. The number of hydrogen-bond donors (Lipinski definition) is 1. The van der Waals surface area contributed by atoms with Crippen LogP contribution in [0.4, 0.5) is 14.3 Å². The molecule has 2 heterocycles. The van der Waals surface area contributed by atoms with Crippen molar-refractivity contribution in [3.05, 3.63) is 42.7 Å². The van der Waals surface area contributed by atoms with E-state index in [4.69, 9.17) is 0 Å². The second-order valence-electron chi connectivity index (χ2n) is 3.53. The Morgan fingerprint density at radius 3 is 3.11 bits per heavy atom. The zero-order valence-electron chi connectivity index (χ0n) is 9.00. The minimum atomic E-state index is -0.355. The van der Waals surface area contributed by atoms with E-state index in [1.165, 1.54) is 46.8 Å². The molecule has 0 unspecified atom stereocenters. The molecule has 0 spiro atoms. The molecule has 90 valence electrons. The quantitative estimate of drug-likeness (QED) is 0.733. The van der Waals surface area contributed by atoms with Crippen LogP contribution < -0.4 is 5.32 Å². The fraction of sp³-hybridized carbons (Fsp3) is 0. The molecule has 1 amide bonds. The van der Waals surface area contributed by atoms with E-state index >= 15 is 0 Å². The van der Waals surface area contributed by atoms with Crippen molar-refractivity contribution in [3.63, 3.8) is 0 Å². The van der Waals surface area contributed by atoms with E-state index in [2.05, 4.69) is 15.3 Å². The fourth-order valence-electron chi connectivity index (χ4n) is 1.49. The number of hydrogen-bond acceptors (Lipinski definition) is 4. The number of thiazole rings is 1. The minimum absolute atomic E-state index is 0.321. The van der Waals surface area contributed by atoms with Crippen LogP contribution in [0.25, 0.3) is 10.2 Å². The number of carbonyl (C=O) groups is 1. The van der Waals surface area contributed by atoms with Gasteiger partial charge in [-0.1, -0.05) is 11.3 Å². The number of carbonyl (C=O) groups excluding carboxylic acids is 1. The molecule has 18 heavy (non-hydrogen) atoms. The first kappa shape index (κ1) is 10.8. The molecular weight excluding hydrogens is 255 g/mol. The molecule has 1 N–H and O–H groups in total. The number of rotatable bonds is 1. The lowest BCUT2D eigenvalue weighted by Gasteiger charge is -1.99.